The topological polar surface area (TPSA) is 46.3 Å². The monoisotopic (exact) mass is 290 g/mol. The molecule has 0 aromatic heterocycles. The first-order chi connectivity index (χ1) is 10.0. The number of aryl methyl sites for hydroxylation is 1. The Morgan fingerprint density at radius 3 is 2.24 bits per heavy atom. The highest BCUT2D eigenvalue weighted by molar-refractivity contribution is 5.82. The van der Waals surface area contributed by atoms with Crippen molar-refractivity contribution in [2.24, 2.45) is 11.1 Å². The van der Waals surface area contributed by atoms with E-state index in [1.807, 2.05) is 24.1 Å². The van der Waals surface area contributed by atoms with Gasteiger partial charge in [0.2, 0.25) is 5.91 Å². The van der Waals surface area contributed by atoms with Gasteiger partial charge >= 0.3 is 0 Å². The van der Waals surface area contributed by atoms with Crippen molar-refractivity contribution in [1.29, 1.82) is 0 Å². The minimum atomic E-state index is -0.388. The quantitative estimate of drug-likeness (QED) is 0.796. The molecule has 0 atom stereocenters. The SMILES string of the molecule is CCCC(CN)(CCC)C(=O)N(C)Cc1ccccc1C. The van der Waals surface area contributed by atoms with E-state index in [1.54, 1.807) is 0 Å². The lowest BCUT2D eigenvalue weighted by molar-refractivity contribution is -0.142. The number of rotatable bonds is 8. The van der Waals surface area contributed by atoms with Gasteiger partial charge in [-0.05, 0) is 30.9 Å². The van der Waals surface area contributed by atoms with E-state index < -0.39 is 0 Å². The maximum Gasteiger partial charge on any atom is 0.230 e. The van der Waals surface area contributed by atoms with Crippen molar-refractivity contribution >= 4 is 5.91 Å². The average molecular weight is 290 g/mol. The minimum absolute atomic E-state index is 0.192. The van der Waals surface area contributed by atoms with E-state index in [4.69, 9.17) is 5.73 Å². The van der Waals surface area contributed by atoms with E-state index in [0.717, 1.165) is 25.7 Å². The second-order valence-corrected chi connectivity index (χ2v) is 6.07. The molecule has 0 unspecified atom stereocenters. The summed E-state index contributed by atoms with van der Waals surface area (Å²) < 4.78 is 0. The number of benzene rings is 1. The van der Waals surface area contributed by atoms with Crippen LogP contribution in [-0.4, -0.2) is 24.4 Å². The van der Waals surface area contributed by atoms with Crippen molar-refractivity contribution in [2.45, 2.75) is 53.0 Å². The molecule has 1 rings (SSSR count). The van der Waals surface area contributed by atoms with Crippen LogP contribution in [0.4, 0.5) is 0 Å². The van der Waals surface area contributed by atoms with Crippen LogP contribution in [0.1, 0.15) is 50.7 Å². The van der Waals surface area contributed by atoms with Gasteiger partial charge in [0.25, 0.3) is 0 Å². The fourth-order valence-electron chi connectivity index (χ4n) is 3.11. The van der Waals surface area contributed by atoms with Crippen molar-refractivity contribution in [3.05, 3.63) is 35.4 Å². The van der Waals surface area contributed by atoms with E-state index in [1.165, 1.54) is 11.1 Å². The summed E-state index contributed by atoms with van der Waals surface area (Å²) in [7, 11) is 1.89. The van der Waals surface area contributed by atoms with E-state index >= 15 is 0 Å². The van der Waals surface area contributed by atoms with E-state index in [0.29, 0.717) is 13.1 Å². The molecular formula is C18H30N2O. The molecule has 0 fully saturated rings. The van der Waals surface area contributed by atoms with Crippen LogP contribution in [0.25, 0.3) is 0 Å². The molecule has 0 aliphatic rings. The van der Waals surface area contributed by atoms with Crippen LogP contribution in [0, 0.1) is 12.3 Å². The molecule has 1 aromatic rings. The van der Waals surface area contributed by atoms with Crippen molar-refractivity contribution in [2.75, 3.05) is 13.6 Å². The number of amides is 1. The zero-order valence-corrected chi connectivity index (χ0v) is 14.0. The normalized spacial score (nSPS) is 11.5. The molecule has 3 nitrogen and oxygen atoms in total. The molecule has 0 spiro atoms. The number of carbonyl (C=O) groups is 1. The molecule has 0 aliphatic carbocycles. The first-order valence-electron chi connectivity index (χ1n) is 8.01. The molecule has 1 aromatic carbocycles. The highest BCUT2D eigenvalue weighted by atomic mass is 16.2. The molecule has 0 bridgehead atoms. The van der Waals surface area contributed by atoms with E-state index in [-0.39, 0.29) is 11.3 Å². The first-order valence-corrected chi connectivity index (χ1v) is 8.01. The van der Waals surface area contributed by atoms with E-state index in [9.17, 15) is 4.79 Å². The van der Waals surface area contributed by atoms with Crippen molar-refractivity contribution in [3.8, 4) is 0 Å². The lowest BCUT2D eigenvalue weighted by atomic mass is 9.78. The lowest BCUT2D eigenvalue weighted by Crippen LogP contribution is -2.46. The first kappa shape index (κ1) is 17.7. The Kier molecular flexibility index (Phi) is 6.90. The standard InChI is InChI=1S/C18H30N2O/c1-5-11-18(14-19,12-6-2)17(21)20(4)13-16-10-8-7-9-15(16)3/h7-10H,5-6,11-14,19H2,1-4H3. The Bertz CT molecular complexity index is 450. The summed E-state index contributed by atoms with van der Waals surface area (Å²) in [6.45, 7) is 7.41. The summed E-state index contributed by atoms with van der Waals surface area (Å²) in [6.07, 6.45) is 3.71. The van der Waals surface area contributed by atoms with Gasteiger partial charge in [0, 0.05) is 20.1 Å². The van der Waals surface area contributed by atoms with Crippen LogP contribution in [0.5, 0.6) is 0 Å². The number of nitrogens with two attached hydrogens (primary N) is 1. The van der Waals surface area contributed by atoms with Gasteiger partial charge in [-0.3, -0.25) is 4.79 Å². The van der Waals surface area contributed by atoms with Crippen LogP contribution in [0.15, 0.2) is 24.3 Å². The maximum atomic E-state index is 12.9. The summed E-state index contributed by atoms with van der Waals surface area (Å²) >= 11 is 0. The van der Waals surface area contributed by atoms with Crippen LogP contribution in [0.3, 0.4) is 0 Å². The Morgan fingerprint density at radius 1 is 1.19 bits per heavy atom. The number of hydrogen-bond donors (Lipinski definition) is 1. The Hall–Kier alpha value is -1.35. The zero-order valence-electron chi connectivity index (χ0n) is 14.0. The van der Waals surface area contributed by atoms with Crippen LogP contribution in [-0.2, 0) is 11.3 Å². The van der Waals surface area contributed by atoms with Crippen molar-refractivity contribution < 1.29 is 4.79 Å². The molecule has 0 heterocycles. The van der Waals surface area contributed by atoms with Gasteiger partial charge in [-0.15, -0.1) is 0 Å². The van der Waals surface area contributed by atoms with Crippen molar-refractivity contribution in [1.82, 2.24) is 4.90 Å². The van der Waals surface area contributed by atoms with Gasteiger partial charge in [0.1, 0.15) is 0 Å². The van der Waals surface area contributed by atoms with Crippen LogP contribution >= 0.6 is 0 Å². The van der Waals surface area contributed by atoms with Gasteiger partial charge in [-0.2, -0.15) is 0 Å². The Balaban J connectivity index is 2.90. The Morgan fingerprint density at radius 2 is 1.76 bits per heavy atom. The molecule has 2 N–H and O–H groups in total. The fraction of sp³-hybridized carbons (Fsp3) is 0.611. The molecular weight excluding hydrogens is 260 g/mol. The Labute approximate surface area is 129 Å². The molecule has 21 heavy (non-hydrogen) atoms. The summed E-state index contributed by atoms with van der Waals surface area (Å²) in [6, 6.07) is 8.22. The predicted octanol–water partition coefficient (Wildman–Crippen LogP) is 3.50. The van der Waals surface area contributed by atoms with Crippen LogP contribution < -0.4 is 5.73 Å². The van der Waals surface area contributed by atoms with Gasteiger partial charge in [0.15, 0.2) is 0 Å². The zero-order chi connectivity index (χ0) is 15.9. The van der Waals surface area contributed by atoms with Crippen molar-refractivity contribution in [3.63, 3.8) is 0 Å². The van der Waals surface area contributed by atoms with E-state index in [2.05, 4.69) is 32.9 Å². The highest BCUT2D eigenvalue weighted by Crippen LogP contribution is 2.31. The average Bonchev–Trinajstić information content (AvgIpc) is 2.48. The summed E-state index contributed by atoms with van der Waals surface area (Å²) in [4.78, 5) is 14.8. The van der Waals surface area contributed by atoms with Gasteiger partial charge < -0.3 is 10.6 Å². The minimum Gasteiger partial charge on any atom is -0.341 e. The summed E-state index contributed by atoms with van der Waals surface area (Å²) in [5.74, 6) is 0.192. The highest BCUT2D eigenvalue weighted by Gasteiger charge is 2.37. The smallest absolute Gasteiger partial charge is 0.230 e. The molecule has 0 aliphatic heterocycles. The largest absolute Gasteiger partial charge is 0.341 e. The molecule has 0 radical (unpaired) electrons. The predicted molar refractivity (Wildman–Crippen MR) is 89.0 cm³/mol. The molecule has 0 saturated heterocycles. The van der Waals surface area contributed by atoms with Gasteiger partial charge in [-0.25, -0.2) is 0 Å². The third-order valence-electron chi connectivity index (χ3n) is 4.32. The third-order valence-corrected chi connectivity index (χ3v) is 4.32. The van der Waals surface area contributed by atoms with Gasteiger partial charge in [-0.1, -0.05) is 51.0 Å². The number of carbonyl (C=O) groups excluding carboxylic acids is 1. The number of nitrogens with zero attached hydrogens (tertiary/aromatic N) is 1. The summed E-state index contributed by atoms with van der Waals surface area (Å²) in [5, 5.41) is 0. The molecule has 1 amide bonds. The second kappa shape index (κ2) is 8.18. The lowest BCUT2D eigenvalue weighted by Gasteiger charge is -2.35. The third kappa shape index (κ3) is 4.31. The van der Waals surface area contributed by atoms with Gasteiger partial charge in [0.05, 0.1) is 5.41 Å². The molecule has 0 saturated carbocycles. The second-order valence-electron chi connectivity index (χ2n) is 6.07. The fourth-order valence-corrected chi connectivity index (χ4v) is 3.11. The van der Waals surface area contributed by atoms with Crippen LogP contribution in [0.2, 0.25) is 0 Å². The summed E-state index contributed by atoms with van der Waals surface area (Å²) in [5.41, 5.74) is 8.03. The number of hydrogen-bond acceptors (Lipinski definition) is 2. The molecule has 118 valence electrons. The molecule has 3 heteroatoms. The maximum absolute atomic E-state index is 12.9.